The van der Waals surface area contributed by atoms with Gasteiger partial charge in [0.05, 0.1) is 0 Å². The van der Waals surface area contributed by atoms with Crippen molar-refractivity contribution in [1.82, 2.24) is 0 Å². The van der Waals surface area contributed by atoms with Gasteiger partial charge in [-0.2, -0.15) is 0 Å². The Hall–Kier alpha value is -0.590. The van der Waals surface area contributed by atoms with Gasteiger partial charge in [0.1, 0.15) is 6.29 Å². The Kier molecular flexibility index (Phi) is 2.67. The van der Waals surface area contributed by atoms with Gasteiger partial charge in [-0.15, -0.1) is 0 Å². The van der Waals surface area contributed by atoms with Crippen LogP contribution < -0.4 is 0 Å². The van der Waals surface area contributed by atoms with E-state index in [2.05, 4.69) is 13.0 Å². The largest absolute Gasteiger partial charge is 0.303 e. The molecule has 0 aromatic heterocycles. The van der Waals surface area contributed by atoms with Crippen LogP contribution in [-0.4, -0.2) is 6.29 Å². The number of rotatable bonds is 2. The first-order valence-corrected chi connectivity index (χ1v) is 4.01. The van der Waals surface area contributed by atoms with Gasteiger partial charge in [-0.3, -0.25) is 0 Å². The Morgan fingerprint density at radius 3 is 3.20 bits per heavy atom. The molecule has 0 fully saturated rings. The average molecular weight is 138 g/mol. The zero-order valence-corrected chi connectivity index (χ0v) is 6.47. The molecule has 0 N–H and O–H groups in total. The maximum Gasteiger partial charge on any atom is 0.126 e. The molecule has 0 aromatic carbocycles. The number of hydrogen-bond acceptors (Lipinski definition) is 1. The third-order valence-electron chi connectivity index (χ3n) is 2.11. The highest BCUT2D eigenvalue weighted by Gasteiger charge is 2.10. The van der Waals surface area contributed by atoms with Gasteiger partial charge >= 0.3 is 0 Å². The van der Waals surface area contributed by atoms with Crippen LogP contribution in [0.5, 0.6) is 0 Å². The highest BCUT2D eigenvalue weighted by Crippen LogP contribution is 2.22. The number of carbonyl (C=O) groups is 1. The van der Waals surface area contributed by atoms with Crippen molar-refractivity contribution in [3.05, 3.63) is 11.6 Å². The smallest absolute Gasteiger partial charge is 0.126 e. The summed E-state index contributed by atoms with van der Waals surface area (Å²) in [5.74, 6) is 0.226. The molecule has 56 valence electrons. The van der Waals surface area contributed by atoms with E-state index in [1.807, 2.05) is 0 Å². The molecule has 0 radical (unpaired) electrons. The van der Waals surface area contributed by atoms with E-state index in [-0.39, 0.29) is 5.92 Å². The quantitative estimate of drug-likeness (QED) is 0.423. The lowest BCUT2D eigenvalue weighted by Gasteiger charge is -2.14. The maximum absolute atomic E-state index is 10.4. The molecule has 0 aliphatic heterocycles. The van der Waals surface area contributed by atoms with E-state index < -0.39 is 0 Å². The fourth-order valence-electron chi connectivity index (χ4n) is 1.44. The number of carbonyl (C=O) groups excluding carboxylic acids is 1. The normalized spacial score (nSPS) is 25.7. The first-order valence-electron chi connectivity index (χ1n) is 4.01. The Balaban J connectivity index is 2.56. The van der Waals surface area contributed by atoms with E-state index in [1.165, 1.54) is 18.4 Å². The van der Waals surface area contributed by atoms with Crippen molar-refractivity contribution in [3.63, 3.8) is 0 Å². The first kappa shape index (κ1) is 7.52. The zero-order chi connectivity index (χ0) is 7.40. The lowest BCUT2D eigenvalue weighted by molar-refractivity contribution is -0.110. The molecule has 0 bridgehead atoms. The molecule has 1 atom stereocenters. The van der Waals surface area contributed by atoms with E-state index in [9.17, 15) is 4.79 Å². The average Bonchev–Trinajstić information content (AvgIpc) is 2.05. The van der Waals surface area contributed by atoms with Crippen LogP contribution >= 0.6 is 0 Å². The highest BCUT2D eigenvalue weighted by molar-refractivity contribution is 5.57. The molecule has 0 saturated carbocycles. The van der Waals surface area contributed by atoms with Gasteiger partial charge in [-0.05, 0) is 25.7 Å². The molecule has 0 amide bonds. The molecule has 1 aliphatic rings. The van der Waals surface area contributed by atoms with E-state index in [1.54, 1.807) is 0 Å². The second kappa shape index (κ2) is 3.55. The highest BCUT2D eigenvalue weighted by atomic mass is 16.1. The molecular weight excluding hydrogens is 124 g/mol. The monoisotopic (exact) mass is 138 g/mol. The number of allylic oxidation sites excluding steroid dienone is 2. The van der Waals surface area contributed by atoms with Gasteiger partial charge in [-0.25, -0.2) is 0 Å². The summed E-state index contributed by atoms with van der Waals surface area (Å²) in [4.78, 5) is 10.4. The van der Waals surface area contributed by atoms with Crippen molar-refractivity contribution in [2.45, 2.75) is 32.6 Å². The maximum atomic E-state index is 10.4. The molecule has 0 aromatic rings. The van der Waals surface area contributed by atoms with Crippen LogP contribution in [0.4, 0.5) is 0 Å². The fraction of sp³-hybridized carbons (Fsp3) is 0.667. The molecule has 10 heavy (non-hydrogen) atoms. The molecule has 1 nitrogen and oxygen atoms in total. The van der Waals surface area contributed by atoms with Crippen LogP contribution in [0.25, 0.3) is 0 Å². The Morgan fingerprint density at radius 1 is 1.80 bits per heavy atom. The molecule has 1 unspecified atom stereocenters. The Bertz CT molecular complexity index is 147. The van der Waals surface area contributed by atoms with Crippen molar-refractivity contribution in [2.24, 2.45) is 5.92 Å². The SMILES string of the molecule is CCC1=CC(C=O)CCC1. The lowest BCUT2D eigenvalue weighted by Crippen LogP contribution is -2.04. The number of hydrogen-bond donors (Lipinski definition) is 0. The van der Waals surface area contributed by atoms with Gasteiger partial charge in [0, 0.05) is 5.92 Å². The minimum absolute atomic E-state index is 0.226. The van der Waals surface area contributed by atoms with Gasteiger partial charge in [0.15, 0.2) is 0 Å². The van der Waals surface area contributed by atoms with E-state index in [4.69, 9.17) is 0 Å². The first-order chi connectivity index (χ1) is 4.86. The second-order valence-corrected chi connectivity index (χ2v) is 2.87. The molecule has 1 rings (SSSR count). The molecular formula is C9H14O. The Morgan fingerprint density at radius 2 is 2.60 bits per heavy atom. The third-order valence-corrected chi connectivity index (χ3v) is 2.11. The van der Waals surface area contributed by atoms with Crippen LogP contribution in [-0.2, 0) is 4.79 Å². The summed E-state index contributed by atoms with van der Waals surface area (Å²) < 4.78 is 0. The molecule has 1 heteroatoms. The third kappa shape index (κ3) is 1.69. The molecule has 0 spiro atoms. The summed E-state index contributed by atoms with van der Waals surface area (Å²) in [6.45, 7) is 2.15. The second-order valence-electron chi connectivity index (χ2n) is 2.87. The van der Waals surface area contributed by atoms with E-state index >= 15 is 0 Å². The van der Waals surface area contributed by atoms with Crippen molar-refractivity contribution in [1.29, 1.82) is 0 Å². The van der Waals surface area contributed by atoms with Crippen LogP contribution in [0, 0.1) is 5.92 Å². The van der Waals surface area contributed by atoms with Gasteiger partial charge in [0.25, 0.3) is 0 Å². The van der Waals surface area contributed by atoms with Crippen LogP contribution in [0.2, 0.25) is 0 Å². The summed E-state index contributed by atoms with van der Waals surface area (Å²) >= 11 is 0. The predicted molar refractivity (Wildman–Crippen MR) is 41.8 cm³/mol. The zero-order valence-electron chi connectivity index (χ0n) is 6.47. The summed E-state index contributed by atoms with van der Waals surface area (Å²) in [5, 5.41) is 0. The Labute approximate surface area is 62.1 Å². The van der Waals surface area contributed by atoms with E-state index in [0.717, 1.165) is 19.1 Å². The fourth-order valence-corrected chi connectivity index (χ4v) is 1.44. The topological polar surface area (TPSA) is 17.1 Å². The van der Waals surface area contributed by atoms with E-state index in [0.29, 0.717) is 0 Å². The van der Waals surface area contributed by atoms with Crippen LogP contribution in [0.15, 0.2) is 11.6 Å². The summed E-state index contributed by atoms with van der Waals surface area (Å²) in [6, 6.07) is 0. The summed E-state index contributed by atoms with van der Waals surface area (Å²) in [7, 11) is 0. The summed E-state index contributed by atoms with van der Waals surface area (Å²) in [5.41, 5.74) is 1.46. The molecule has 1 aliphatic carbocycles. The van der Waals surface area contributed by atoms with Crippen molar-refractivity contribution >= 4 is 6.29 Å². The van der Waals surface area contributed by atoms with Crippen molar-refractivity contribution in [2.75, 3.05) is 0 Å². The summed E-state index contributed by atoms with van der Waals surface area (Å²) in [6.07, 6.45) is 7.78. The lowest BCUT2D eigenvalue weighted by atomic mass is 9.90. The van der Waals surface area contributed by atoms with Crippen LogP contribution in [0.3, 0.4) is 0 Å². The van der Waals surface area contributed by atoms with Gasteiger partial charge < -0.3 is 4.79 Å². The van der Waals surface area contributed by atoms with Gasteiger partial charge in [0.2, 0.25) is 0 Å². The molecule has 0 heterocycles. The molecule has 0 saturated heterocycles. The minimum Gasteiger partial charge on any atom is -0.303 e. The predicted octanol–water partition coefficient (Wildman–Crippen LogP) is 2.32. The van der Waals surface area contributed by atoms with Gasteiger partial charge in [-0.1, -0.05) is 18.6 Å². The van der Waals surface area contributed by atoms with Crippen LogP contribution in [0.1, 0.15) is 32.6 Å². The minimum atomic E-state index is 0.226. The van der Waals surface area contributed by atoms with Crippen molar-refractivity contribution in [3.8, 4) is 0 Å². The standard InChI is InChI=1S/C9H14O/c1-2-8-4-3-5-9(6-8)7-10/h6-7,9H,2-5H2,1H3. The number of aldehydes is 1. The van der Waals surface area contributed by atoms with Crippen molar-refractivity contribution < 1.29 is 4.79 Å².